The number of hydrogen-bond donors (Lipinski definition) is 2. The number of rotatable bonds is 5. The first-order valence-corrected chi connectivity index (χ1v) is 6.09. The fourth-order valence-electron chi connectivity index (χ4n) is 1.02. The minimum atomic E-state index is -0.575. The van der Waals surface area contributed by atoms with Crippen LogP contribution >= 0.6 is 11.8 Å². The molecule has 4 N–H and O–H groups in total. The van der Waals surface area contributed by atoms with Gasteiger partial charge in [0.05, 0.1) is 11.9 Å². The highest BCUT2D eigenvalue weighted by Gasteiger charge is 2.16. The number of nitrogens with zero attached hydrogens (tertiary/aromatic N) is 2. The van der Waals surface area contributed by atoms with Gasteiger partial charge in [0.15, 0.2) is 5.16 Å². The summed E-state index contributed by atoms with van der Waals surface area (Å²) in [5.41, 5.74) is 10.8. The first-order valence-electron chi connectivity index (χ1n) is 5.21. The third-order valence-corrected chi connectivity index (χ3v) is 2.97. The van der Waals surface area contributed by atoms with Crippen molar-refractivity contribution in [1.82, 2.24) is 9.97 Å². The van der Waals surface area contributed by atoms with E-state index in [0.717, 1.165) is 11.8 Å². The summed E-state index contributed by atoms with van der Waals surface area (Å²) in [7, 11) is 0. The molecule has 1 heterocycles. The largest absolute Gasteiger partial charge is 0.462 e. The molecular formula is C10H14N4O3S. The van der Waals surface area contributed by atoms with Gasteiger partial charge in [-0.3, -0.25) is 4.79 Å². The van der Waals surface area contributed by atoms with Gasteiger partial charge in [0.2, 0.25) is 5.91 Å². The first-order chi connectivity index (χ1) is 8.45. The van der Waals surface area contributed by atoms with Gasteiger partial charge < -0.3 is 16.2 Å². The number of anilines is 1. The van der Waals surface area contributed by atoms with Gasteiger partial charge in [0, 0.05) is 6.20 Å². The van der Waals surface area contributed by atoms with Crippen molar-refractivity contribution in [2.75, 3.05) is 12.3 Å². The highest BCUT2D eigenvalue weighted by molar-refractivity contribution is 8.00. The Bertz CT molecular complexity index is 466. The molecule has 0 bridgehead atoms. The summed E-state index contributed by atoms with van der Waals surface area (Å²) in [4.78, 5) is 30.2. The van der Waals surface area contributed by atoms with E-state index in [1.54, 1.807) is 13.8 Å². The number of nitrogen functional groups attached to an aromatic ring is 1. The molecule has 0 aliphatic heterocycles. The molecule has 0 aliphatic rings. The van der Waals surface area contributed by atoms with Crippen molar-refractivity contribution in [3.8, 4) is 0 Å². The summed E-state index contributed by atoms with van der Waals surface area (Å²) in [6.45, 7) is 3.56. The summed E-state index contributed by atoms with van der Waals surface area (Å²) in [6.07, 6.45) is 1.27. The number of esters is 1. The first kappa shape index (κ1) is 14.2. The third-order valence-electron chi connectivity index (χ3n) is 1.97. The highest BCUT2D eigenvalue weighted by atomic mass is 32.2. The van der Waals surface area contributed by atoms with Crippen molar-refractivity contribution >= 4 is 29.5 Å². The fourth-order valence-corrected chi connectivity index (χ4v) is 1.71. The van der Waals surface area contributed by atoms with Crippen molar-refractivity contribution in [1.29, 1.82) is 0 Å². The van der Waals surface area contributed by atoms with E-state index in [4.69, 9.17) is 16.2 Å². The van der Waals surface area contributed by atoms with Crippen molar-refractivity contribution < 1.29 is 14.3 Å². The van der Waals surface area contributed by atoms with Gasteiger partial charge in [0.25, 0.3) is 0 Å². The molecule has 8 heteroatoms. The lowest BCUT2D eigenvalue weighted by Gasteiger charge is -2.08. The summed E-state index contributed by atoms with van der Waals surface area (Å²) >= 11 is 1.07. The number of thioether (sulfide) groups is 1. The van der Waals surface area contributed by atoms with Crippen LogP contribution in [0, 0.1) is 0 Å². The number of amides is 1. The van der Waals surface area contributed by atoms with Gasteiger partial charge >= 0.3 is 5.97 Å². The van der Waals surface area contributed by atoms with Gasteiger partial charge in [-0.15, -0.1) is 0 Å². The molecule has 0 fully saturated rings. The zero-order valence-corrected chi connectivity index (χ0v) is 10.9. The Kier molecular flexibility index (Phi) is 4.90. The lowest BCUT2D eigenvalue weighted by Crippen LogP contribution is -2.23. The topological polar surface area (TPSA) is 121 Å². The molecule has 0 saturated carbocycles. The van der Waals surface area contributed by atoms with Crippen LogP contribution in [-0.4, -0.2) is 33.7 Å². The van der Waals surface area contributed by atoms with Crippen LogP contribution in [0.5, 0.6) is 0 Å². The zero-order chi connectivity index (χ0) is 13.7. The average molecular weight is 270 g/mol. The molecule has 1 rings (SSSR count). The summed E-state index contributed by atoms with van der Waals surface area (Å²) in [6, 6.07) is 0. The fraction of sp³-hybridized carbons (Fsp3) is 0.400. The van der Waals surface area contributed by atoms with Crippen molar-refractivity contribution in [2.45, 2.75) is 24.3 Å². The second-order valence-electron chi connectivity index (χ2n) is 3.33. The Morgan fingerprint density at radius 2 is 2.22 bits per heavy atom. The number of ether oxygens (including phenoxy) is 1. The number of aromatic nitrogens is 2. The predicted molar refractivity (Wildman–Crippen MR) is 66.9 cm³/mol. The molecule has 0 aromatic carbocycles. The maximum absolute atomic E-state index is 11.4. The number of primary amides is 1. The minimum Gasteiger partial charge on any atom is -0.462 e. The molecule has 1 unspecified atom stereocenters. The predicted octanol–water partition coefficient (Wildman–Crippen LogP) is 0.201. The Balaban J connectivity index is 2.85. The summed E-state index contributed by atoms with van der Waals surface area (Å²) in [5.74, 6) is -1.03. The van der Waals surface area contributed by atoms with Crippen LogP contribution in [0.25, 0.3) is 0 Å². The Hall–Kier alpha value is -1.83. The van der Waals surface area contributed by atoms with E-state index < -0.39 is 17.1 Å². The number of hydrogen-bond acceptors (Lipinski definition) is 7. The number of carbonyl (C=O) groups is 2. The van der Waals surface area contributed by atoms with E-state index in [1.165, 1.54) is 6.20 Å². The number of nitrogens with two attached hydrogens (primary N) is 2. The Labute approximate surface area is 108 Å². The normalized spacial score (nSPS) is 11.9. The molecule has 0 aliphatic carbocycles. The van der Waals surface area contributed by atoms with Gasteiger partial charge in [-0.25, -0.2) is 14.8 Å². The Morgan fingerprint density at radius 1 is 1.56 bits per heavy atom. The van der Waals surface area contributed by atoms with Crippen LogP contribution in [0.15, 0.2) is 11.4 Å². The maximum atomic E-state index is 11.4. The van der Waals surface area contributed by atoms with E-state index in [-0.39, 0.29) is 23.1 Å². The van der Waals surface area contributed by atoms with Crippen LogP contribution in [0.1, 0.15) is 24.2 Å². The van der Waals surface area contributed by atoms with E-state index in [0.29, 0.717) is 0 Å². The van der Waals surface area contributed by atoms with Crippen molar-refractivity contribution in [3.05, 3.63) is 11.8 Å². The molecule has 0 spiro atoms. The summed E-state index contributed by atoms with van der Waals surface area (Å²) in [5, 5.41) is -0.190. The smallest absolute Gasteiger partial charge is 0.343 e. The van der Waals surface area contributed by atoms with Crippen LogP contribution in [0.2, 0.25) is 0 Å². The van der Waals surface area contributed by atoms with Crippen LogP contribution in [0.4, 0.5) is 5.82 Å². The molecule has 18 heavy (non-hydrogen) atoms. The Morgan fingerprint density at radius 3 is 2.72 bits per heavy atom. The highest BCUT2D eigenvalue weighted by Crippen LogP contribution is 2.21. The second kappa shape index (κ2) is 6.20. The molecule has 7 nitrogen and oxygen atoms in total. The van der Waals surface area contributed by atoms with Gasteiger partial charge in [-0.1, -0.05) is 11.8 Å². The molecule has 0 radical (unpaired) electrons. The van der Waals surface area contributed by atoms with E-state index in [2.05, 4.69) is 9.97 Å². The quantitative estimate of drug-likeness (QED) is 0.445. The SMILES string of the molecule is CCOC(=O)c1cnc(SC(C)C(N)=O)nc1N. The standard InChI is InChI=1S/C10H14N4O3S/c1-3-17-9(16)6-4-13-10(14-7(6)11)18-5(2)8(12)15/h4-5H,3H2,1-2H3,(H2,12,15)(H2,11,13,14). The van der Waals surface area contributed by atoms with Crippen molar-refractivity contribution in [2.24, 2.45) is 5.73 Å². The average Bonchev–Trinajstić information content (AvgIpc) is 2.29. The molecule has 0 saturated heterocycles. The van der Waals surface area contributed by atoms with Gasteiger partial charge in [0.1, 0.15) is 11.4 Å². The lowest BCUT2D eigenvalue weighted by molar-refractivity contribution is -0.117. The monoisotopic (exact) mass is 270 g/mol. The van der Waals surface area contributed by atoms with Gasteiger partial charge in [-0.05, 0) is 13.8 Å². The maximum Gasteiger partial charge on any atom is 0.343 e. The lowest BCUT2D eigenvalue weighted by atomic mass is 10.3. The van der Waals surface area contributed by atoms with Crippen LogP contribution < -0.4 is 11.5 Å². The van der Waals surface area contributed by atoms with Crippen molar-refractivity contribution in [3.63, 3.8) is 0 Å². The molecule has 1 aromatic heterocycles. The minimum absolute atomic E-state index is 0.0163. The molecule has 1 amide bonds. The van der Waals surface area contributed by atoms with E-state index in [1.807, 2.05) is 0 Å². The third kappa shape index (κ3) is 3.59. The zero-order valence-electron chi connectivity index (χ0n) is 10.0. The van der Waals surface area contributed by atoms with Crippen LogP contribution in [-0.2, 0) is 9.53 Å². The van der Waals surface area contributed by atoms with Crippen LogP contribution in [0.3, 0.4) is 0 Å². The van der Waals surface area contributed by atoms with Gasteiger partial charge in [-0.2, -0.15) is 0 Å². The molecule has 1 atom stereocenters. The van der Waals surface area contributed by atoms with E-state index in [9.17, 15) is 9.59 Å². The molecule has 98 valence electrons. The molecular weight excluding hydrogens is 256 g/mol. The van der Waals surface area contributed by atoms with E-state index >= 15 is 0 Å². The summed E-state index contributed by atoms with van der Waals surface area (Å²) < 4.78 is 4.79. The molecule has 1 aromatic rings. The second-order valence-corrected chi connectivity index (χ2v) is 4.64. The number of carbonyl (C=O) groups excluding carboxylic acids is 2.